The van der Waals surface area contributed by atoms with E-state index in [2.05, 4.69) is 25.9 Å². The predicted octanol–water partition coefficient (Wildman–Crippen LogP) is 5.11. The number of ether oxygens (including phenoxy) is 1. The van der Waals surface area contributed by atoms with Crippen LogP contribution in [0.1, 0.15) is 77.0 Å². The van der Waals surface area contributed by atoms with E-state index in [0.29, 0.717) is 6.42 Å². The lowest BCUT2D eigenvalue weighted by Crippen LogP contribution is -2.35. The number of halogens is 1. The van der Waals surface area contributed by atoms with E-state index in [0.717, 1.165) is 17.3 Å². The average molecular weight is 335 g/mol. The normalized spacial score (nSPS) is 11.6. The lowest BCUT2D eigenvalue weighted by molar-refractivity contribution is -0.870. The van der Waals surface area contributed by atoms with Crippen molar-refractivity contribution in [3.05, 3.63) is 0 Å². The minimum atomic E-state index is -0.166. The number of carbonyl (C=O) groups is 1. The fourth-order valence-electron chi connectivity index (χ4n) is 2.58. The van der Waals surface area contributed by atoms with Crippen LogP contribution in [0.5, 0.6) is 0 Å². The molecular formula is C18H37ClNO2+. The molecule has 0 saturated carbocycles. The first-order valence-corrected chi connectivity index (χ1v) is 9.51. The summed E-state index contributed by atoms with van der Waals surface area (Å²) >= 11 is 5.32. The molecule has 132 valence electrons. The molecule has 22 heavy (non-hydrogen) atoms. The highest BCUT2D eigenvalue weighted by Gasteiger charge is 2.05. The third-order valence-electron chi connectivity index (χ3n) is 3.93. The van der Waals surface area contributed by atoms with Crippen molar-refractivity contribution in [2.24, 2.45) is 0 Å². The first-order chi connectivity index (χ1) is 10.5. The molecule has 0 N–H and O–H groups in total. The summed E-state index contributed by atoms with van der Waals surface area (Å²) in [7, 11) is 6.79. The molecule has 3 nitrogen and oxygen atoms in total. The fraction of sp³-hybridized carbons (Fsp3) is 0.944. The molecule has 0 unspecified atom stereocenters. The van der Waals surface area contributed by atoms with Gasteiger partial charge in [0, 0.05) is 6.42 Å². The molecule has 0 spiro atoms. The highest BCUT2D eigenvalue weighted by Crippen LogP contribution is 2.12. The zero-order valence-corrected chi connectivity index (χ0v) is 15.8. The Morgan fingerprint density at radius 2 is 1.18 bits per heavy atom. The van der Waals surface area contributed by atoms with Gasteiger partial charge < -0.3 is 9.22 Å². The van der Waals surface area contributed by atoms with Crippen molar-refractivity contribution in [1.29, 1.82) is 0 Å². The maximum atomic E-state index is 11.1. The number of hydrogen-bond donors (Lipinski definition) is 0. The van der Waals surface area contributed by atoms with Crippen LogP contribution in [0.4, 0.5) is 0 Å². The number of alkyl halides is 1. The number of unbranched alkanes of at least 4 members (excludes halogenated alkanes) is 10. The van der Waals surface area contributed by atoms with Crippen LogP contribution in [0, 0.1) is 0 Å². The Bertz CT molecular complexity index is 264. The summed E-state index contributed by atoms with van der Waals surface area (Å²) in [5.74, 6) is -0.166. The van der Waals surface area contributed by atoms with Gasteiger partial charge in [0.25, 0.3) is 0 Å². The number of quaternary nitrogens is 1. The summed E-state index contributed by atoms with van der Waals surface area (Å²) in [6, 6.07) is -0.0197. The van der Waals surface area contributed by atoms with Gasteiger partial charge in [0.15, 0.2) is 6.07 Å². The van der Waals surface area contributed by atoms with E-state index in [1.54, 1.807) is 0 Å². The molecule has 0 bridgehead atoms. The van der Waals surface area contributed by atoms with Crippen molar-refractivity contribution in [3.8, 4) is 0 Å². The van der Waals surface area contributed by atoms with Crippen LogP contribution < -0.4 is 0 Å². The van der Waals surface area contributed by atoms with Crippen LogP contribution in [0.25, 0.3) is 0 Å². The standard InChI is InChI=1S/C18H37ClNO2/c1-20(2,3)16-14-12-10-8-6-4-5-7-9-11-13-15-18(21)22-17-19/h4-17H2,1-3H3/q+1. The Balaban J connectivity index is 3.10. The lowest BCUT2D eigenvalue weighted by atomic mass is 10.1. The van der Waals surface area contributed by atoms with Crippen molar-refractivity contribution in [2.45, 2.75) is 77.0 Å². The highest BCUT2D eigenvalue weighted by molar-refractivity contribution is 6.17. The molecule has 0 amide bonds. The molecule has 0 fully saturated rings. The van der Waals surface area contributed by atoms with Crippen LogP contribution >= 0.6 is 11.6 Å². The number of esters is 1. The molecule has 0 rings (SSSR count). The van der Waals surface area contributed by atoms with Crippen LogP contribution in [0.15, 0.2) is 0 Å². The molecular weight excluding hydrogens is 298 g/mol. The van der Waals surface area contributed by atoms with Crippen LogP contribution in [-0.2, 0) is 9.53 Å². The zero-order valence-electron chi connectivity index (χ0n) is 15.0. The van der Waals surface area contributed by atoms with Gasteiger partial charge in [0.1, 0.15) is 0 Å². The van der Waals surface area contributed by atoms with Gasteiger partial charge in [-0.25, -0.2) is 0 Å². The quantitative estimate of drug-likeness (QED) is 0.180. The molecule has 0 atom stereocenters. The molecule has 0 aromatic rings. The Kier molecular flexibility index (Phi) is 14.1. The second kappa shape index (κ2) is 14.3. The van der Waals surface area contributed by atoms with E-state index in [9.17, 15) is 4.79 Å². The molecule has 0 aliphatic carbocycles. The summed E-state index contributed by atoms with van der Waals surface area (Å²) in [6.07, 6.45) is 14.7. The number of nitrogens with zero attached hydrogens (tertiary/aromatic N) is 1. The van der Waals surface area contributed by atoms with Crippen LogP contribution in [-0.4, -0.2) is 44.2 Å². The summed E-state index contributed by atoms with van der Waals surface area (Å²) in [6.45, 7) is 1.29. The second-order valence-electron chi connectivity index (χ2n) is 7.28. The molecule has 0 radical (unpaired) electrons. The Morgan fingerprint density at radius 3 is 1.59 bits per heavy atom. The third-order valence-corrected chi connectivity index (χ3v) is 4.03. The Morgan fingerprint density at radius 1 is 0.773 bits per heavy atom. The van der Waals surface area contributed by atoms with E-state index < -0.39 is 0 Å². The smallest absolute Gasteiger partial charge is 0.306 e. The molecule has 0 aromatic heterocycles. The van der Waals surface area contributed by atoms with Gasteiger partial charge in [-0.2, -0.15) is 0 Å². The van der Waals surface area contributed by atoms with Gasteiger partial charge >= 0.3 is 5.97 Å². The lowest BCUT2D eigenvalue weighted by Gasteiger charge is -2.23. The van der Waals surface area contributed by atoms with E-state index >= 15 is 0 Å². The fourth-order valence-corrected chi connectivity index (χ4v) is 2.70. The molecule has 0 aliphatic heterocycles. The SMILES string of the molecule is C[N+](C)(C)CCCCCCCCCCCCCC(=O)OCCl. The summed E-state index contributed by atoms with van der Waals surface area (Å²) in [5, 5.41) is 0. The maximum absolute atomic E-state index is 11.1. The van der Waals surface area contributed by atoms with Gasteiger partial charge in [0.05, 0.1) is 27.7 Å². The first kappa shape index (κ1) is 21.7. The van der Waals surface area contributed by atoms with Gasteiger partial charge in [-0.05, 0) is 19.3 Å². The van der Waals surface area contributed by atoms with Gasteiger partial charge in [-0.15, -0.1) is 0 Å². The summed E-state index contributed by atoms with van der Waals surface area (Å²) in [5.41, 5.74) is 0. The molecule has 0 aliphatic rings. The zero-order chi connectivity index (χ0) is 16.7. The van der Waals surface area contributed by atoms with Crippen LogP contribution in [0.2, 0.25) is 0 Å². The van der Waals surface area contributed by atoms with Crippen molar-refractivity contribution >= 4 is 17.6 Å². The van der Waals surface area contributed by atoms with Gasteiger partial charge in [-0.3, -0.25) is 4.79 Å². The highest BCUT2D eigenvalue weighted by atomic mass is 35.5. The van der Waals surface area contributed by atoms with Crippen molar-refractivity contribution in [1.82, 2.24) is 0 Å². The number of carbonyl (C=O) groups excluding carboxylic acids is 1. The van der Waals surface area contributed by atoms with Crippen molar-refractivity contribution in [3.63, 3.8) is 0 Å². The molecule has 4 heteroatoms. The van der Waals surface area contributed by atoms with E-state index in [4.69, 9.17) is 11.6 Å². The Hall–Kier alpha value is -0.280. The second-order valence-corrected chi connectivity index (χ2v) is 7.50. The maximum Gasteiger partial charge on any atom is 0.306 e. The van der Waals surface area contributed by atoms with Gasteiger partial charge in [-0.1, -0.05) is 63.0 Å². The third kappa shape index (κ3) is 17.8. The summed E-state index contributed by atoms with van der Waals surface area (Å²) in [4.78, 5) is 11.1. The number of hydrogen-bond acceptors (Lipinski definition) is 2. The van der Waals surface area contributed by atoms with E-state index in [-0.39, 0.29) is 12.0 Å². The molecule has 0 saturated heterocycles. The Labute approximate surface area is 142 Å². The summed E-state index contributed by atoms with van der Waals surface area (Å²) < 4.78 is 5.77. The topological polar surface area (TPSA) is 26.3 Å². The molecule has 0 aromatic carbocycles. The largest absolute Gasteiger partial charge is 0.449 e. The van der Waals surface area contributed by atoms with Crippen LogP contribution in [0.3, 0.4) is 0 Å². The predicted molar refractivity (Wildman–Crippen MR) is 95.1 cm³/mol. The minimum Gasteiger partial charge on any atom is -0.449 e. The van der Waals surface area contributed by atoms with E-state index in [1.807, 2.05) is 0 Å². The molecule has 0 heterocycles. The number of rotatable bonds is 15. The van der Waals surface area contributed by atoms with Crippen molar-refractivity contribution in [2.75, 3.05) is 33.8 Å². The minimum absolute atomic E-state index is 0.0197. The van der Waals surface area contributed by atoms with Crippen molar-refractivity contribution < 1.29 is 14.0 Å². The van der Waals surface area contributed by atoms with E-state index in [1.165, 1.54) is 64.3 Å². The average Bonchev–Trinajstić information content (AvgIpc) is 2.43. The first-order valence-electron chi connectivity index (χ1n) is 8.98. The van der Waals surface area contributed by atoms with Gasteiger partial charge in [0.2, 0.25) is 0 Å². The monoisotopic (exact) mass is 334 g/mol.